The van der Waals surface area contributed by atoms with Gasteiger partial charge in [-0.2, -0.15) is 4.99 Å². The van der Waals surface area contributed by atoms with Crippen LogP contribution in [0.3, 0.4) is 0 Å². The van der Waals surface area contributed by atoms with Crippen molar-refractivity contribution in [2.24, 2.45) is 4.99 Å². The van der Waals surface area contributed by atoms with E-state index < -0.39 is 0 Å². The van der Waals surface area contributed by atoms with E-state index in [9.17, 15) is 4.79 Å². The Hall–Kier alpha value is -3.84. The summed E-state index contributed by atoms with van der Waals surface area (Å²) in [6.07, 6.45) is 1.78. The maximum absolute atomic E-state index is 13.0. The first-order chi connectivity index (χ1) is 15.7. The Kier molecular flexibility index (Phi) is 5.47. The van der Waals surface area contributed by atoms with Crippen LogP contribution in [-0.4, -0.2) is 23.7 Å². The predicted molar refractivity (Wildman–Crippen MR) is 124 cm³/mol. The molecule has 3 aromatic carbocycles. The maximum Gasteiger partial charge on any atom is 0.279 e. The highest BCUT2D eigenvalue weighted by atomic mass is 32.1. The number of hydrogen-bond acceptors (Lipinski definition) is 5. The van der Waals surface area contributed by atoms with E-state index in [1.54, 1.807) is 24.3 Å². The third-order valence-electron chi connectivity index (χ3n) is 4.92. The molecule has 1 amide bonds. The maximum atomic E-state index is 13.0. The average molecular weight is 445 g/mol. The number of nitrogens with zero attached hydrogens (tertiary/aromatic N) is 2. The first kappa shape index (κ1) is 20.1. The number of hydrogen-bond donors (Lipinski definition) is 0. The zero-order chi connectivity index (χ0) is 21.9. The van der Waals surface area contributed by atoms with E-state index in [-0.39, 0.29) is 5.91 Å². The molecule has 0 saturated heterocycles. The van der Waals surface area contributed by atoms with Gasteiger partial charge in [0.25, 0.3) is 5.91 Å². The van der Waals surface area contributed by atoms with Crippen molar-refractivity contribution in [3.8, 4) is 23.0 Å². The van der Waals surface area contributed by atoms with E-state index in [2.05, 4.69) is 11.6 Å². The van der Waals surface area contributed by atoms with Gasteiger partial charge in [-0.25, -0.2) is 0 Å². The van der Waals surface area contributed by atoms with Crippen molar-refractivity contribution in [2.45, 2.75) is 6.54 Å². The van der Waals surface area contributed by atoms with Gasteiger partial charge in [-0.1, -0.05) is 41.7 Å². The zero-order valence-electron chi connectivity index (χ0n) is 17.2. The minimum Gasteiger partial charge on any atom is -0.486 e. The van der Waals surface area contributed by atoms with Gasteiger partial charge in [0.15, 0.2) is 16.3 Å². The lowest BCUT2D eigenvalue weighted by Gasteiger charge is -2.18. The fourth-order valence-electron chi connectivity index (χ4n) is 3.47. The highest BCUT2D eigenvalue weighted by molar-refractivity contribution is 7.16. The average Bonchev–Trinajstić information content (AvgIpc) is 3.14. The van der Waals surface area contributed by atoms with Crippen molar-refractivity contribution in [2.75, 3.05) is 13.2 Å². The molecule has 4 aromatic rings. The summed E-state index contributed by atoms with van der Waals surface area (Å²) in [5.41, 5.74) is 1.37. The molecule has 6 nitrogen and oxygen atoms in total. The molecule has 7 heteroatoms. The molecule has 0 bridgehead atoms. The Bertz CT molecular complexity index is 1370. The molecule has 0 fully saturated rings. The first-order valence-electron chi connectivity index (χ1n) is 10.2. The fraction of sp³-hybridized carbons (Fsp3) is 0.120. The first-order valence-corrected chi connectivity index (χ1v) is 11.0. The van der Waals surface area contributed by atoms with Gasteiger partial charge in [-0.3, -0.25) is 4.79 Å². The van der Waals surface area contributed by atoms with Gasteiger partial charge in [0.1, 0.15) is 24.7 Å². The van der Waals surface area contributed by atoms with Crippen molar-refractivity contribution in [1.29, 1.82) is 0 Å². The summed E-state index contributed by atoms with van der Waals surface area (Å²) in [6, 6.07) is 20.3. The number of para-hydroxylation sites is 1. The number of fused-ring (bicyclic) bond motifs is 2. The number of allylic oxidation sites excluding steroid dienone is 1. The summed E-state index contributed by atoms with van der Waals surface area (Å²) in [5.74, 6) is 2.35. The van der Waals surface area contributed by atoms with Gasteiger partial charge in [0.2, 0.25) is 0 Å². The van der Waals surface area contributed by atoms with Crippen LogP contribution in [0, 0.1) is 0 Å². The van der Waals surface area contributed by atoms with Crippen molar-refractivity contribution < 1.29 is 19.0 Å². The van der Waals surface area contributed by atoms with Crippen LogP contribution in [0.4, 0.5) is 0 Å². The highest BCUT2D eigenvalue weighted by Gasteiger charge is 2.17. The molecule has 0 atom stereocenters. The number of aromatic nitrogens is 1. The van der Waals surface area contributed by atoms with E-state index in [0.717, 1.165) is 10.2 Å². The van der Waals surface area contributed by atoms with Crippen LogP contribution in [-0.2, 0) is 6.54 Å². The summed E-state index contributed by atoms with van der Waals surface area (Å²) in [4.78, 5) is 18.0. The molecular formula is C25H20N2O4S. The number of rotatable bonds is 5. The lowest BCUT2D eigenvalue weighted by Crippen LogP contribution is -2.17. The Morgan fingerprint density at radius 1 is 1.03 bits per heavy atom. The van der Waals surface area contributed by atoms with Gasteiger partial charge >= 0.3 is 0 Å². The lowest BCUT2D eigenvalue weighted by molar-refractivity contribution is 0.0997. The van der Waals surface area contributed by atoms with Gasteiger partial charge in [-0.15, -0.1) is 6.58 Å². The summed E-state index contributed by atoms with van der Waals surface area (Å²) in [5, 5.41) is 0. The number of benzene rings is 3. The monoisotopic (exact) mass is 444 g/mol. The molecule has 0 radical (unpaired) electrons. The molecule has 0 N–H and O–H groups in total. The molecule has 160 valence electrons. The van der Waals surface area contributed by atoms with E-state index in [4.69, 9.17) is 14.2 Å². The Morgan fingerprint density at radius 2 is 1.78 bits per heavy atom. The molecular weight excluding hydrogens is 424 g/mol. The van der Waals surface area contributed by atoms with Crippen molar-refractivity contribution in [3.05, 3.63) is 89.7 Å². The molecule has 1 aliphatic heterocycles. The smallest absolute Gasteiger partial charge is 0.279 e. The molecule has 0 unspecified atom stereocenters. The molecule has 0 spiro atoms. The molecule has 1 aliphatic rings. The van der Waals surface area contributed by atoms with Crippen molar-refractivity contribution >= 4 is 27.5 Å². The SMILES string of the molecule is C=CCn1c(=NC(=O)c2cccc(Oc3ccccc3)c2)sc2cc3c(cc21)OCCO3. The Morgan fingerprint density at radius 3 is 2.56 bits per heavy atom. The van der Waals surface area contributed by atoms with Crippen LogP contribution in [0.25, 0.3) is 10.2 Å². The summed E-state index contributed by atoms with van der Waals surface area (Å²) in [6.45, 7) is 5.40. The van der Waals surface area contributed by atoms with E-state index in [1.807, 2.05) is 53.1 Å². The summed E-state index contributed by atoms with van der Waals surface area (Å²) < 4.78 is 20.2. The minimum atomic E-state index is -0.342. The summed E-state index contributed by atoms with van der Waals surface area (Å²) >= 11 is 1.43. The second-order valence-electron chi connectivity index (χ2n) is 7.11. The molecule has 1 aromatic heterocycles. The molecule has 0 saturated carbocycles. The predicted octanol–water partition coefficient (Wildman–Crippen LogP) is 5.19. The zero-order valence-corrected chi connectivity index (χ0v) is 18.0. The third kappa shape index (κ3) is 4.02. The topological polar surface area (TPSA) is 62.1 Å². The number of thiazole rings is 1. The highest BCUT2D eigenvalue weighted by Crippen LogP contribution is 2.35. The molecule has 2 heterocycles. The van der Waals surface area contributed by atoms with Crippen LogP contribution in [0.5, 0.6) is 23.0 Å². The number of amides is 1. The Balaban J connectivity index is 1.52. The third-order valence-corrected chi connectivity index (χ3v) is 5.96. The fourth-order valence-corrected chi connectivity index (χ4v) is 4.51. The molecule has 5 rings (SSSR count). The van der Waals surface area contributed by atoms with Gasteiger partial charge in [0.05, 0.1) is 10.2 Å². The number of carbonyl (C=O) groups is 1. The van der Waals surface area contributed by atoms with Crippen molar-refractivity contribution in [1.82, 2.24) is 4.57 Å². The van der Waals surface area contributed by atoms with E-state index in [1.165, 1.54) is 11.3 Å². The van der Waals surface area contributed by atoms with Crippen LogP contribution >= 0.6 is 11.3 Å². The normalized spacial score (nSPS) is 13.2. The van der Waals surface area contributed by atoms with Crippen LogP contribution in [0.2, 0.25) is 0 Å². The molecule has 32 heavy (non-hydrogen) atoms. The quantitative estimate of drug-likeness (QED) is 0.397. The van der Waals surface area contributed by atoms with E-state index >= 15 is 0 Å². The van der Waals surface area contributed by atoms with Gasteiger partial charge in [0, 0.05) is 24.2 Å². The Labute approximate surface area is 188 Å². The summed E-state index contributed by atoms with van der Waals surface area (Å²) in [7, 11) is 0. The van der Waals surface area contributed by atoms with Crippen molar-refractivity contribution in [3.63, 3.8) is 0 Å². The number of ether oxygens (including phenoxy) is 3. The number of carbonyl (C=O) groups excluding carboxylic acids is 1. The van der Waals surface area contributed by atoms with Crippen LogP contribution in [0.1, 0.15) is 10.4 Å². The van der Waals surface area contributed by atoms with E-state index in [0.29, 0.717) is 53.1 Å². The molecule has 0 aliphatic carbocycles. The lowest BCUT2D eigenvalue weighted by atomic mass is 10.2. The standard InChI is InChI=1S/C25H20N2O4S/c1-2-11-27-20-15-21-22(30-13-12-29-21)16-23(20)32-25(27)26-24(28)17-7-6-10-19(14-17)31-18-8-4-3-5-9-18/h2-10,14-16H,1,11-13H2. The second kappa shape index (κ2) is 8.72. The second-order valence-corrected chi connectivity index (χ2v) is 8.12. The minimum absolute atomic E-state index is 0.342. The van der Waals surface area contributed by atoms with Gasteiger partial charge in [-0.05, 0) is 30.3 Å². The van der Waals surface area contributed by atoms with Crippen LogP contribution in [0.15, 0.2) is 84.4 Å². The largest absolute Gasteiger partial charge is 0.486 e. The van der Waals surface area contributed by atoms with Gasteiger partial charge < -0.3 is 18.8 Å². The van der Waals surface area contributed by atoms with Crippen LogP contribution < -0.4 is 19.0 Å².